The van der Waals surface area contributed by atoms with E-state index in [0.29, 0.717) is 6.07 Å². The molecule has 0 bridgehead atoms. The van der Waals surface area contributed by atoms with Crippen LogP contribution >= 0.6 is 23.2 Å². The molecule has 194 valence electrons. The predicted octanol–water partition coefficient (Wildman–Crippen LogP) is 4.54. The number of anilines is 1. The first-order chi connectivity index (χ1) is 15.8. The van der Waals surface area contributed by atoms with Gasteiger partial charge in [-0.05, 0) is 41.5 Å². The zero-order valence-corrected chi connectivity index (χ0v) is 20.0. The summed E-state index contributed by atoms with van der Waals surface area (Å²) in [6, 6.07) is 5.20. The quantitative estimate of drug-likeness (QED) is 0.408. The first-order valence-electron chi connectivity index (χ1n) is 9.46. The van der Waals surface area contributed by atoms with Gasteiger partial charge in [-0.2, -0.15) is 26.3 Å². The monoisotopic (exact) mass is 566 g/mol. The summed E-state index contributed by atoms with van der Waals surface area (Å²) >= 11 is 11.5. The third-order valence-electron chi connectivity index (χ3n) is 4.64. The van der Waals surface area contributed by atoms with E-state index in [4.69, 9.17) is 23.2 Å². The molecule has 0 saturated heterocycles. The third kappa shape index (κ3) is 7.89. The number of benzene rings is 2. The summed E-state index contributed by atoms with van der Waals surface area (Å²) in [6.45, 7) is -1.97. The number of rotatable bonds is 8. The Labute approximate surface area is 206 Å². The third-order valence-corrected chi connectivity index (χ3v) is 5.86. The van der Waals surface area contributed by atoms with Crippen LogP contribution in [-0.4, -0.2) is 44.2 Å². The number of aliphatic hydroxyl groups is 1. The van der Waals surface area contributed by atoms with Gasteiger partial charge in [0.25, 0.3) is 0 Å². The van der Waals surface area contributed by atoms with Crippen molar-refractivity contribution in [2.45, 2.75) is 24.5 Å². The molecule has 1 atom stereocenters. The Morgan fingerprint density at radius 3 is 2.06 bits per heavy atom. The Morgan fingerprint density at radius 2 is 1.57 bits per heavy atom. The highest BCUT2D eigenvalue weighted by atomic mass is 35.5. The molecule has 6 nitrogen and oxygen atoms in total. The van der Waals surface area contributed by atoms with E-state index in [0.717, 1.165) is 36.6 Å². The smallest absolute Gasteiger partial charge is 0.381 e. The van der Waals surface area contributed by atoms with Crippen molar-refractivity contribution >= 4 is 44.6 Å². The lowest BCUT2D eigenvalue weighted by molar-refractivity contribution is -0.260. The molecule has 0 aliphatic rings. The number of hydrogen-bond donors (Lipinski definition) is 3. The first-order valence-corrected chi connectivity index (χ1v) is 12.3. The molecule has 2 aromatic carbocycles. The van der Waals surface area contributed by atoms with Crippen LogP contribution in [0, 0.1) is 0 Å². The molecule has 15 heteroatoms. The molecule has 1 amide bonds. The zero-order valence-electron chi connectivity index (χ0n) is 17.7. The predicted molar refractivity (Wildman–Crippen MR) is 118 cm³/mol. The molecule has 0 saturated carbocycles. The molecule has 0 heterocycles. The maximum absolute atomic E-state index is 13.7. The summed E-state index contributed by atoms with van der Waals surface area (Å²) in [5, 5.41) is 14.2. The Bertz CT molecular complexity index is 1180. The molecule has 2 rings (SSSR count). The Hall–Kier alpha value is -2.22. The van der Waals surface area contributed by atoms with Crippen LogP contribution in [-0.2, 0) is 33.0 Å². The second-order valence-corrected chi connectivity index (χ2v) is 10.6. The second-order valence-electron chi connectivity index (χ2n) is 7.59. The fraction of sp³-hybridized carbons (Fsp3) is 0.350. The van der Waals surface area contributed by atoms with Crippen LogP contribution in [0.4, 0.5) is 32.0 Å². The summed E-state index contributed by atoms with van der Waals surface area (Å²) in [7, 11) is -3.71. The van der Waals surface area contributed by atoms with Crippen molar-refractivity contribution in [1.29, 1.82) is 0 Å². The number of carbonyl (C=O) groups excluding carboxylic acids is 1. The summed E-state index contributed by atoms with van der Waals surface area (Å²) < 4.78 is 104. The molecule has 0 unspecified atom stereocenters. The molecule has 0 spiro atoms. The molecule has 0 fully saturated rings. The Balaban J connectivity index is 2.32. The van der Waals surface area contributed by atoms with Gasteiger partial charge in [-0.3, -0.25) is 4.79 Å². The average molecular weight is 567 g/mol. The fourth-order valence-electron chi connectivity index (χ4n) is 2.98. The highest BCUT2D eigenvalue weighted by Gasteiger charge is 2.55. The van der Waals surface area contributed by atoms with Gasteiger partial charge in [0.15, 0.2) is 9.84 Å². The van der Waals surface area contributed by atoms with Crippen molar-refractivity contribution < 1.29 is 44.7 Å². The van der Waals surface area contributed by atoms with E-state index in [1.807, 2.05) is 5.32 Å². The molecule has 35 heavy (non-hydrogen) atoms. The van der Waals surface area contributed by atoms with E-state index in [-0.39, 0.29) is 10.0 Å². The molecule has 0 aliphatic carbocycles. The number of nitrogens with one attached hydrogen (secondary N) is 2. The number of hydrogen-bond acceptors (Lipinski definition) is 5. The van der Waals surface area contributed by atoms with Gasteiger partial charge in [-0.25, -0.2) is 8.42 Å². The number of carbonyl (C=O) groups is 1. The minimum Gasteiger partial charge on any atom is -0.381 e. The van der Waals surface area contributed by atoms with Crippen LogP contribution in [0.5, 0.6) is 0 Å². The zero-order chi connectivity index (χ0) is 26.8. The topological polar surface area (TPSA) is 95.5 Å². The Morgan fingerprint density at radius 1 is 1.00 bits per heavy atom. The van der Waals surface area contributed by atoms with Crippen molar-refractivity contribution in [2.24, 2.45) is 0 Å². The van der Waals surface area contributed by atoms with Crippen LogP contribution in [0.25, 0.3) is 0 Å². The van der Waals surface area contributed by atoms with Crippen LogP contribution < -0.4 is 10.6 Å². The lowest BCUT2D eigenvalue weighted by Crippen LogP contribution is -2.47. The van der Waals surface area contributed by atoms with Crippen LogP contribution in [0.2, 0.25) is 10.0 Å². The molecular formula is C20H18Cl2F6N2O4S. The van der Waals surface area contributed by atoms with Gasteiger partial charge in [-0.1, -0.05) is 29.3 Å². The molecule has 3 N–H and O–H groups in total. The lowest BCUT2D eigenvalue weighted by Gasteiger charge is -2.32. The number of alkyl halides is 6. The number of amides is 1. The van der Waals surface area contributed by atoms with Gasteiger partial charge in [-0.15, -0.1) is 0 Å². The average Bonchev–Trinajstić information content (AvgIpc) is 2.67. The Kier molecular flexibility index (Phi) is 8.63. The van der Waals surface area contributed by atoms with Gasteiger partial charge in [0.1, 0.15) is 5.75 Å². The van der Waals surface area contributed by atoms with Gasteiger partial charge < -0.3 is 15.7 Å². The van der Waals surface area contributed by atoms with Gasteiger partial charge in [0.2, 0.25) is 11.5 Å². The van der Waals surface area contributed by atoms with Gasteiger partial charge in [0, 0.05) is 28.5 Å². The maximum Gasteiger partial charge on any atom is 0.423 e. The largest absolute Gasteiger partial charge is 0.423 e. The van der Waals surface area contributed by atoms with E-state index in [1.54, 1.807) is 0 Å². The fourth-order valence-corrected chi connectivity index (χ4v) is 4.08. The van der Waals surface area contributed by atoms with E-state index in [9.17, 15) is 44.7 Å². The maximum atomic E-state index is 13.7. The number of sulfone groups is 1. The minimum atomic E-state index is -5.26. The summed E-state index contributed by atoms with van der Waals surface area (Å²) in [4.78, 5) is 11.6. The van der Waals surface area contributed by atoms with Crippen molar-refractivity contribution in [1.82, 2.24) is 5.32 Å². The summed E-state index contributed by atoms with van der Waals surface area (Å²) in [6.07, 6.45) is -9.45. The highest BCUT2D eigenvalue weighted by molar-refractivity contribution is 7.91. The summed E-state index contributed by atoms with van der Waals surface area (Å²) in [5.41, 5.74) is -6.45. The van der Waals surface area contributed by atoms with E-state index >= 15 is 0 Å². The van der Waals surface area contributed by atoms with Crippen molar-refractivity contribution in [2.75, 3.05) is 23.9 Å². The minimum absolute atomic E-state index is 0.197. The molecule has 2 aromatic rings. The van der Waals surface area contributed by atoms with Crippen molar-refractivity contribution in [3.05, 3.63) is 63.1 Å². The van der Waals surface area contributed by atoms with Gasteiger partial charge in [0.05, 0.1) is 12.1 Å². The second kappa shape index (κ2) is 10.4. The van der Waals surface area contributed by atoms with E-state index in [2.05, 4.69) is 5.32 Å². The van der Waals surface area contributed by atoms with Crippen molar-refractivity contribution in [3.63, 3.8) is 0 Å². The van der Waals surface area contributed by atoms with E-state index in [1.165, 1.54) is 0 Å². The number of halogens is 8. The van der Waals surface area contributed by atoms with Crippen LogP contribution in [0.15, 0.2) is 36.4 Å². The first kappa shape index (κ1) is 29.0. The SMILES string of the molecule is CS(=O)(=O)CC(=O)NCc1ccc(NC[C@](O)(c2cc(Cl)cc(Cl)c2)C(F)(F)F)cc1C(F)(F)F. The normalized spacial score (nSPS) is 14.3. The summed E-state index contributed by atoms with van der Waals surface area (Å²) in [5.74, 6) is -1.96. The van der Waals surface area contributed by atoms with Crippen LogP contribution in [0.3, 0.4) is 0 Å². The molecule has 0 aromatic heterocycles. The van der Waals surface area contributed by atoms with Gasteiger partial charge >= 0.3 is 12.4 Å². The molecule has 0 radical (unpaired) electrons. The molecule has 0 aliphatic heterocycles. The molecular weight excluding hydrogens is 549 g/mol. The van der Waals surface area contributed by atoms with E-state index < -0.39 is 74.9 Å². The van der Waals surface area contributed by atoms with Crippen LogP contribution in [0.1, 0.15) is 16.7 Å². The highest BCUT2D eigenvalue weighted by Crippen LogP contribution is 2.41. The standard InChI is InChI=1S/C20H18Cl2F6N2O4S/c1-35(33,34)9-17(31)29-8-11-2-3-15(7-16(11)19(23,24)25)30-10-18(32,20(26,27)28)12-4-13(21)6-14(22)5-12/h2-7,30,32H,8-10H2,1H3,(H,29,31)/t18-/m0/s1. The lowest BCUT2D eigenvalue weighted by atomic mass is 9.92. The van der Waals surface area contributed by atoms with Crippen molar-refractivity contribution in [3.8, 4) is 0 Å².